The molecule has 33 heavy (non-hydrogen) atoms. The number of esters is 2. The Morgan fingerprint density at radius 3 is 1.82 bits per heavy atom. The van der Waals surface area contributed by atoms with Crippen LogP contribution < -0.4 is 0 Å². The van der Waals surface area contributed by atoms with Gasteiger partial charge in [-0.2, -0.15) is 0 Å². The van der Waals surface area contributed by atoms with Crippen molar-refractivity contribution in [3.8, 4) is 0 Å². The van der Waals surface area contributed by atoms with Crippen LogP contribution in [0.3, 0.4) is 0 Å². The van der Waals surface area contributed by atoms with Crippen LogP contribution in [0.15, 0.2) is 96.6 Å². The Balaban J connectivity index is 0.000000183. The summed E-state index contributed by atoms with van der Waals surface area (Å²) in [6, 6.07) is 24.2. The molecule has 0 radical (unpaired) electrons. The Morgan fingerprint density at radius 2 is 1.27 bits per heavy atom. The highest BCUT2D eigenvalue weighted by atomic mass is 35.5. The second-order valence-electron chi connectivity index (χ2n) is 7.11. The summed E-state index contributed by atoms with van der Waals surface area (Å²) in [5.74, 6) is 0.620. The lowest BCUT2D eigenvalue weighted by molar-refractivity contribution is -0.134. The second kappa shape index (κ2) is 10.3. The summed E-state index contributed by atoms with van der Waals surface area (Å²) in [4.78, 5) is 22.7. The van der Waals surface area contributed by atoms with Crippen molar-refractivity contribution in [2.24, 2.45) is 0 Å². The maximum absolute atomic E-state index is 12.0. The minimum absolute atomic E-state index is 0.172. The molecule has 0 fully saturated rings. The normalized spacial score (nSPS) is 15.9. The summed E-state index contributed by atoms with van der Waals surface area (Å²) in [6.45, 7) is 0. The predicted molar refractivity (Wildman–Crippen MR) is 130 cm³/mol. The first-order chi connectivity index (χ1) is 16.0. The molecule has 3 aromatic rings. The molecular weight excluding hydrogens is 459 g/mol. The van der Waals surface area contributed by atoms with Crippen LogP contribution in [0.1, 0.15) is 23.1 Å². The van der Waals surface area contributed by atoms with Gasteiger partial charge in [0.2, 0.25) is 0 Å². The Labute approximate surface area is 201 Å². The molecule has 3 aromatic carbocycles. The molecule has 6 heteroatoms. The molecule has 0 bridgehead atoms. The van der Waals surface area contributed by atoms with Crippen LogP contribution in [0, 0.1) is 0 Å². The van der Waals surface area contributed by atoms with Gasteiger partial charge in [0.05, 0.1) is 12.0 Å². The Hall–Kier alpha value is -3.60. The molecule has 0 N–H and O–H groups in total. The van der Waals surface area contributed by atoms with E-state index >= 15 is 0 Å². The van der Waals surface area contributed by atoms with Crippen molar-refractivity contribution in [3.05, 3.63) is 123 Å². The third-order valence-electron chi connectivity index (χ3n) is 4.82. The van der Waals surface area contributed by atoms with Crippen LogP contribution in [-0.4, -0.2) is 11.9 Å². The number of rotatable bonds is 3. The van der Waals surface area contributed by atoms with E-state index in [0.717, 1.165) is 11.1 Å². The van der Waals surface area contributed by atoms with E-state index in [2.05, 4.69) is 0 Å². The third-order valence-corrected chi connectivity index (χ3v) is 5.48. The van der Waals surface area contributed by atoms with E-state index in [-0.39, 0.29) is 5.97 Å². The molecule has 5 rings (SSSR count). The Kier molecular flexibility index (Phi) is 7.08. The zero-order chi connectivity index (χ0) is 23.2. The van der Waals surface area contributed by atoms with Crippen molar-refractivity contribution in [1.29, 1.82) is 0 Å². The molecule has 0 unspecified atom stereocenters. The predicted octanol–water partition coefficient (Wildman–Crippen LogP) is 6.95. The van der Waals surface area contributed by atoms with Crippen LogP contribution in [0.2, 0.25) is 10.0 Å². The van der Waals surface area contributed by atoms with Crippen LogP contribution in [-0.2, 0) is 19.1 Å². The molecule has 0 amide bonds. The highest BCUT2D eigenvalue weighted by molar-refractivity contribution is 6.37. The first kappa shape index (κ1) is 22.6. The highest BCUT2D eigenvalue weighted by Gasteiger charge is 2.22. The van der Waals surface area contributed by atoms with Crippen molar-refractivity contribution in [2.45, 2.75) is 6.42 Å². The van der Waals surface area contributed by atoms with E-state index in [0.29, 0.717) is 39.1 Å². The Bertz CT molecular complexity index is 1260. The third kappa shape index (κ3) is 5.61. The molecule has 0 aliphatic carbocycles. The van der Waals surface area contributed by atoms with E-state index in [1.165, 1.54) is 0 Å². The molecule has 0 atom stereocenters. The molecule has 4 nitrogen and oxygen atoms in total. The van der Waals surface area contributed by atoms with Crippen LogP contribution in [0.5, 0.6) is 0 Å². The maximum Gasteiger partial charge on any atom is 0.343 e. The molecule has 164 valence electrons. The Morgan fingerprint density at radius 1 is 0.697 bits per heavy atom. The van der Waals surface area contributed by atoms with Gasteiger partial charge in [0.15, 0.2) is 0 Å². The number of halogens is 2. The molecule has 0 saturated carbocycles. The van der Waals surface area contributed by atoms with Gasteiger partial charge in [-0.1, -0.05) is 89.9 Å². The van der Waals surface area contributed by atoms with Gasteiger partial charge < -0.3 is 9.47 Å². The summed E-state index contributed by atoms with van der Waals surface area (Å²) in [6.07, 6.45) is 5.53. The fourth-order valence-corrected chi connectivity index (χ4v) is 3.71. The first-order valence-corrected chi connectivity index (χ1v) is 10.9. The summed E-state index contributed by atoms with van der Waals surface area (Å²) < 4.78 is 10.2. The molecule has 2 heterocycles. The van der Waals surface area contributed by atoms with Gasteiger partial charge in [0, 0.05) is 26.7 Å². The number of benzene rings is 3. The van der Waals surface area contributed by atoms with Gasteiger partial charge in [-0.3, -0.25) is 4.79 Å². The zero-order valence-electron chi connectivity index (χ0n) is 17.3. The molecule has 0 aromatic heterocycles. The van der Waals surface area contributed by atoms with E-state index < -0.39 is 5.97 Å². The lowest BCUT2D eigenvalue weighted by Gasteiger charge is -2.01. The lowest BCUT2D eigenvalue weighted by atomic mass is 10.1. The molecule has 0 saturated heterocycles. The van der Waals surface area contributed by atoms with Gasteiger partial charge in [0.1, 0.15) is 11.5 Å². The van der Waals surface area contributed by atoms with Crippen molar-refractivity contribution < 1.29 is 19.1 Å². The van der Waals surface area contributed by atoms with Crippen LogP contribution in [0.25, 0.3) is 17.6 Å². The van der Waals surface area contributed by atoms with Crippen molar-refractivity contribution in [3.63, 3.8) is 0 Å². The van der Waals surface area contributed by atoms with E-state index in [4.69, 9.17) is 32.7 Å². The molecular formula is C27H18Cl2O4. The van der Waals surface area contributed by atoms with Crippen molar-refractivity contribution in [1.82, 2.24) is 0 Å². The summed E-state index contributed by atoms with van der Waals surface area (Å²) in [5, 5.41) is 0.980. The molecule has 2 aliphatic rings. The smallest absolute Gasteiger partial charge is 0.343 e. The number of ether oxygens (including phenoxy) is 2. The summed E-state index contributed by atoms with van der Waals surface area (Å²) in [5.41, 5.74) is 2.84. The average Bonchev–Trinajstić information content (AvgIpc) is 3.43. The minimum Gasteiger partial charge on any atom is -0.426 e. The number of cyclic esters (lactones) is 2. The monoisotopic (exact) mass is 476 g/mol. The average molecular weight is 477 g/mol. The van der Waals surface area contributed by atoms with Crippen LogP contribution >= 0.6 is 23.2 Å². The van der Waals surface area contributed by atoms with Gasteiger partial charge in [-0.05, 0) is 30.4 Å². The van der Waals surface area contributed by atoms with E-state index in [9.17, 15) is 9.59 Å². The number of carbonyl (C=O) groups excluding carboxylic acids is 2. The SMILES string of the molecule is O=C1CC=C(c2ccccc2)O1.O=C1OC(c2ccccc2)=C/C1=C\c1c(Cl)cccc1Cl. The number of carbonyl (C=O) groups is 2. The van der Waals surface area contributed by atoms with E-state index in [1.807, 2.05) is 60.7 Å². The number of hydrogen-bond acceptors (Lipinski definition) is 4. The standard InChI is InChI=1S/C17H10Cl2O2.C10H8O2/c18-14-7-4-8-15(19)13(14)9-12-10-16(21-17(12)20)11-5-2-1-3-6-11;11-10-7-6-9(12-10)8-4-2-1-3-5-8/h1-10H;1-6H,7H2/b12-9+;. The second-order valence-corrected chi connectivity index (χ2v) is 7.93. The van der Waals surface area contributed by atoms with Gasteiger partial charge >= 0.3 is 11.9 Å². The fourth-order valence-electron chi connectivity index (χ4n) is 3.20. The molecule has 0 spiro atoms. The molecule has 2 aliphatic heterocycles. The quantitative estimate of drug-likeness (QED) is 0.303. The van der Waals surface area contributed by atoms with Gasteiger partial charge in [-0.25, -0.2) is 4.79 Å². The largest absolute Gasteiger partial charge is 0.426 e. The maximum atomic E-state index is 12.0. The topological polar surface area (TPSA) is 52.6 Å². The highest BCUT2D eigenvalue weighted by Crippen LogP contribution is 2.31. The van der Waals surface area contributed by atoms with Crippen LogP contribution in [0.4, 0.5) is 0 Å². The summed E-state index contributed by atoms with van der Waals surface area (Å²) >= 11 is 12.2. The lowest BCUT2D eigenvalue weighted by Crippen LogP contribution is -1.97. The number of hydrogen-bond donors (Lipinski definition) is 0. The fraction of sp³-hybridized carbons (Fsp3) is 0.0370. The summed E-state index contributed by atoms with van der Waals surface area (Å²) in [7, 11) is 0. The van der Waals surface area contributed by atoms with Gasteiger partial charge in [-0.15, -0.1) is 0 Å². The zero-order valence-corrected chi connectivity index (χ0v) is 18.8. The van der Waals surface area contributed by atoms with E-state index in [1.54, 1.807) is 36.4 Å². The first-order valence-electron chi connectivity index (χ1n) is 10.1. The van der Waals surface area contributed by atoms with Gasteiger partial charge in [0.25, 0.3) is 0 Å². The van der Waals surface area contributed by atoms with Crippen molar-refractivity contribution >= 4 is 52.7 Å². The minimum atomic E-state index is -0.412. The van der Waals surface area contributed by atoms with Crippen molar-refractivity contribution in [2.75, 3.05) is 0 Å².